The minimum atomic E-state index is 0. The molecule has 1 nitrogen and oxygen atoms in total. The number of benzene rings is 1. The molecular weight excluding hydrogens is 217 g/mol. The molecule has 0 aliphatic heterocycles. The fourth-order valence-corrected chi connectivity index (χ4v) is 1.49. The van der Waals surface area contributed by atoms with Gasteiger partial charge in [-0.25, -0.2) is 0 Å². The number of rotatable bonds is 4. The van der Waals surface area contributed by atoms with Gasteiger partial charge in [0.1, 0.15) is 6.54 Å². The molecule has 1 aromatic rings. The van der Waals surface area contributed by atoms with Crippen LogP contribution in [0.1, 0.15) is 5.56 Å². The molecule has 1 rings (SSSR count). The Balaban J connectivity index is 0. The Morgan fingerprint density at radius 2 is 1.73 bits per heavy atom. The zero-order chi connectivity index (χ0) is 9.73. The summed E-state index contributed by atoms with van der Waals surface area (Å²) in [5.74, 6) is 0. The summed E-state index contributed by atoms with van der Waals surface area (Å²) in [5, 5.41) is 0. The van der Waals surface area contributed by atoms with Crippen molar-refractivity contribution in [1.29, 1.82) is 0 Å². The molecule has 0 atom stereocenters. The van der Waals surface area contributed by atoms with E-state index in [1.165, 1.54) is 5.56 Å². The minimum absolute atomic E-state index is 0. The van der Waals surface area contributed by atoms with Gasteiger partial charge in [-0.05, 0) is 6.08 Å². The maximum Gasteiger partial charge on any atom is 0.104 e. The van der Waals surface area contributed by atoms with E-state index in [1.807, 2.05) is 6.08 Å². The van der Waals surface area contributed by atoms with E-state index in [0.29, 0.717) is 0 Å². The second kappa shape index (κ2) is 8.37. The molecule has 0 heterocycles. The average Bonchev–Trinajstić information content (AvgIpc) is 2.04. The van der Waals surface area contributed by atoms with Gasteiger partial charge in [0, 0.05) is 35.1 Å². The fourth-order valence-electron chi connectivity index (χ4n) is 1.49. The summed E-state index contributed by atoms with van der Waals surface area (Å²) in [6.45, 7) is 5.84. The second-order valence-electron chi connectivity index (χ2n) is 4.05. The average molecular weight is 235 g/mol. The van der Waals surface area contributed by atoms with Crippen LogP contribution >= 0.6 is 0 Å². The fraction of sp³-hybridized carbons (Fsp3) is 0.333. The SMILES string of the molecule is C=CC[N+](C)(C)Cc1ccccc1.[Cl-].[Na]. The largest absolute Gasteiger partial charge is 1.00 e. The topological polar surface area (TPSA) is 0 Å². The summed E-state index contributed by atoms with van der Waals surface area (Å²) in [6.07, 6.45) is 1.98. The monoisotopic (exact) mass is 234 g/mol. The summed E-state index contributed by atoms with van der Waals surface area (Å²) in [5.41, 5.74) is 1.38. The maximum absolute atomic E-state index is 3.77. The van der Waals surface area contributed by atoms with Gasteiger partial charge in [-0.15, -0.1) is 0 Å². The van der Waals surface area contributed by atoms with Gasteiger partial charge < -0.3 is 16.9 Å². The van der Waals surface area contributed by atoms with Gasteiger partial charge in [-0.1, -0.05) is 36.9 Å². The maximum atomic E-state index is 3.77. The van der Waals surface area contributed by atoms with Gasteiger partial charge >= 0.3 is 0 Å². The van der Waals surface area contributed by atoms with Gasteiger partial charge in [0.15, 0.2) is 0 Å². The molecule has 0 fully saturated rings. The molecule has 15 heavy (non-hydrogen) atoms. The van der Waals surface area contributed by atoms with Gasteiger partial charge in [-0.3, -0.25) is 0 Å². The first-order chi connectivity index (χ1) is 6.14. The van der Waals surface area contributed by atoms with E-state index in [1.54, 1.807) is 0 Å². The third kappa shape index (κ3) is 7.15. The summed E-state index contributed by atoms with van der Waals surface area (Å²) >= 11 is 0. The van der Waals surface area contributed by atoms with Crippen molar-refractivity contribution in [1.82, 2.24) is 0 Å². The van der Waals surface area contributed by atoms with Crippen LogP contribution in [0.25, 0.3) is 0 Å². The van der Waals surface area contributed by atoms with Crippen LogP contribution in [0, 0.1) is 0 Å². The van der Waals surface area contributed by atoms with E-state index in [0.717, 1.165) is 17.6 Å². The number of hydrogen-bond acceptors (Lipinski definition) is 0. The molecule has 0 saturated carbocycles. The van der Waals surface area contributed by atoms with Gasteiger partial charge in [0.2, 0.25) is 0 Å². The Morgan fingerprint density at radius 1 is 1.20 bits per heavy atom. The Morgan fingerprint density at radius 3 is 2.20 bits per heavy atom. The number of likely N-dealkylation sites (N-methyl/N-ethyl adjacent to an activating group) is 1. The Labute approximate surface area is 121 Å². The molecule has 0 amide bonds. The van der Waals surface area contributed by atoms with Crippen LogP contribution in [0.15, 0.2) is 43.0 Å². The molecular formula is C12H18ClNNa. The standard InChI is InChI=1S/C12H18N.ClH.Na/c1-4-10-13(2,3)11-12-8-6-5-7-9-12;;/h4-9H,1,10-11H2,2-3H3;1H;/q+1;;/p-1. The minimum Gasteiger partial charge on any atom is -1.00 e. The van der Waals surface area contributed by atoms with E-state index >= 15 is 0 Å². The molecule has 0 aliphatic rings. The molecule has 0 bridgehead atoms. The van der Waals surface area contributed by atoms with Crippen LogP contribution in [0.4, 0.5) is 0 Å². The molecule has 0 aromatic heterocycles. The van der Waals surface area contributed by atoms with E-state index < -0.39 is 0 Å². The molecule has 0 aliphatic carbocycles. The Kier molecular flexibility index (Phi) is 9.82. The van der Waals surface area contributed by atoms with Crippen molar-refractivity contribution in [3.8, 4) is 0 Å². The first kappa shape index (κ1) is 17.6. The summed E-state index contributed by atoms with van der Waals surface area (Å²) in [4.78, 5) is 0. The van der Waals surface area contributed by atoms with Gasteiger partial charge in [-0.2, -0.15) is 0 Å². The normalized spacial score (nSPS) is 9.73. The van der Waals surface area contributed by atoms with Crippen LogP contribution in [0.3, 0.4) is 0 Å². The predicted octanol–water partition coefficient (Wildman–Crippen LogP) is -0.928. The van der Waals surface area contributed by atoms with Crippen LogP contribution in [0.2, 0.25) is 0 Å². The van der Waals surface area contributed by atoms with Crippen LogP contribution in [-0.2, 0) is 6.54 Å². The second-order valence-corrected chi connectivity index (χ2v) is 4.05. The summed E-state index contributed by atoms with van der Waals surface area (Å²) in [6, 6.07) is 10.6. The quantitative estimate of drug-likeness (QED) is 0.359. The third-order valence-corrected chi connectivity index (χ3v) is 2.08. The van der Waals surface area contributed by atoms with Crippen molar-refractivity contribution in [2.75, 3.05) is 20.6 Å². The van der Waals surface area contributed by atoms with Crippen molar-refractivity contribution in [2.45, 2.75) is 6.54 Å². The van der Waals surface area contributed by atoms with Gasteiger partial charge in [0.25, 0.3) is 0 Å². The van der Waals surface area contributed by atoms with Crippen molar-refractivity contribution < 1.29 is 16.9 Å². The molecule has 79 valence electrons. The summed E-state index contributed by atoms with van der Waals surface area (Å²) < 4.78 is 0.966. The Hall–Kier alpha value is 0.210. The summed E-state index contributed by atoms with van der Waals surface area (Å²) in [7, 11) is 4.43. The number of halogens is 1. The molecule has 1 radical (unpaired) electrons. The first-order valence-corrected chi connectivity index (χ1v) is 4.61. The first-order valence-electron chi connectivity index (χ1n) is 4.61. The van der Waals surface area contributed by atoms with Crippen molar-refractivity contribution in [2.24, 2.45) is 0 Å². The van der Waals surface area contributed by atoms with E-state index in [2.05, 4.69) is 51.0 Å². The smallest absolute Gasteiger partial charge is 0.104 e. The van der Waals surface area contributed by atoms with E-state index in [9.17, 15) is 0 Å². The Bertz CT molecular complexity index is 272. The van der Waals surface area contributed by atoms with E-state index in [4.69, 9.17) is 0 Å². The zero-order valence-corrected chi connectivity index (χ0v) is 12.7. The number of quaternary nitrogens is 1. The molecule has 0 saturated heterocycles. The molecule has 1 aromatic carbocycles. The molecule has 3 heteroatoms. The van der Waals surface area contributed by atoms with Crippen molar-refractivity contribution in [3.05, 3.63) is 48.6 Å². The van der Waals surface area contributed by atoms with Gasteiger partial charge in [0.05, 0.1) is 20.6 Å². The van der Waals surface area contributed by atoms with Crippen molar-refractivity contribution in [3.63, 3.8) is 0 Å². The van der Waals surface area contributed by atoms with Crippen molar-refractivity contribution >= 4 is 29.6 Å². The molecule has 0 spiro atoms. The third-order valence-electron chi connectivity index (χ3n) is 2.08. The van der Waals surface area contributed by atoms with Crippen LogP contribution in [-0.4, -0.2) is 54.7 Å². The number of hydrogen-bond donors (Lipinski definition) is 0. The molecule has 0 unspecified atom stereocenters. The molecule has 0 N–H and O–H groups in total. The van der Waals surface area contributed by atoms with Crippen LogP contribution < -0.4 is 12.4 Å². The predicted molar refractivity (Wildman–Crippen MR) is 63.1 cm³/mol. The van der Waals surface area contributed by atoms with E-state index in [-0.39, 0.29) is 42.0 Å². The van der Waals surface area contributed by atoms with Crippen LogP contribution in [0.5, 0.6) is 0 Å². The number of nitrogens with zero attached hydrogens (tertiary/aromatic N) is 1. The zero-order valence-electron chi connectivity index (χ0n) is 9.91.